The number of pyridine rings is 2. The summed E-state index contributed by atoms with van der Waals surface area (Å²) in [6, 6.07) is 3.05. The van der Waals surface area contributed by atoms with Gasteiger partial charge in [0, 0.05) is 13.2 Å². The first-order valence-corrected chi connectivity index (χ1v) is 10.0. The van der Waals surface area contributed by atoms with Crippen LogP contribution in [0.25, 0.3) is 28.2 Å². The zero-order valence-corrected chi connectivity index (χ0v) is 17.2. The molecule has 4 rings (SSSR count). The lowest BCUT2D eigenvalue weighted by molar-refractivity contribution is -0.141. The molecule has 0 aliphatic carbocycles. The lowest BCUT2D eigenvalue weighted by Crippen LogP contribution is -2.09. The minimum Gasteiger partial charge on any atom is -0.324 e. The van der Waals surface area contributed by atoms with E-state index < -0.39 is 23.6 Å². The second-order valence-electron chi connectivity index (χ2n) is 6.80. The molecule has 4 aromatic heterocycles. The molecule has 0 aliphatic rings. The summed E-state index contributed by atoms with van der Waals surface area (Å²) in [6.07, 6.45) is -8.19. The molecule has 0 radical (unpaired) electrons. The van der Waals surface area contributed by atoms with Gasteiger partial charge in [-0.2, -0.15) is 26.3 Å². The Morgan fingerprint density at radius 2 is 1.71 bits per heavy atom. The van der Waals surface area contributed by atoms with Gasteiger partial charge in [0.25, 0.3) is 0 Å². The molecule has 31 heavy (non-hydrogen) atoms. The Hall–Kier alpha value is -2.76. The summed E-state index contributed by atoms with van der Waals surface area (Å²) in [5.41, 5.74) is -0.716. The molecule has 5 nitrogen and oxygen atoms in total. The first-order chi connectivity index (χ1) is 14.4. The maximum absolute atomic E-state index is 13.2. The molecule has 12 heteroatoms. The van der Waals surface area contributed by atoms with E-state index in [9.17, 15) is 26.3 Å². The summed E-state index contributed by atoms with van der Waals surface area (Å²) in [4.78, 5) is 12.4. The second kappa shape index (κ2) is 7.14. The van der Waals surface area contributed by atoms with Crippen LogP contribution in [0.4, 0.5) is 26.3 Å². The van der Waals surface area contributed by atoms with E-state index in [4.69, 9.17) is 0 Å². The Bertz CT molecular complexity index is 1300. The zero-order chi connectivity index (χ0) is 22.7. The van der Waals surface area contributed by atoms with Gasteiger partial charge < -0.3 is 4.57 Å². The quantitative estimate of drug-likeness (QED) is 0.290. The molecule has 0 saturated carbocycles. The average molecular weight is 459 g/mol. The van der Waals surface area contributed by atoms with Crippen molar-refractivity contribution >= 4 is 28.4 Å². The molecule has 0 N–H and O–H groups in total. The van der Waals surface area contributed by atoms with Crippen molar-refractivity contribution in [2.24, 2.45) is 7.05 Å². The van der Waals surface area contributed by atoms with E-state index in [0.29, 0.717) is 16.3 Å². The number of rotatable bonds is 3. The average Bonchev–Trinajstić information content (AvgIpc) is 3.18. The van der Waals surface area contributed by atoms with Gasteiger partial charge in [0.2, 0.25) is 0 Å². The van der Waals surface area contributed by atoms with Crippen LogP contribution in [0.3, 0.4) is 0 Å². The summed E-state index contributed by atoms with van der Waals surface area (Å²) in [5, 5.41) is 0.420. The van der Waals surface area contributed by atoms with Crippen molar-refractivity contribution < 1.29 is 26.3 Å². The van der Waals surface area contributed by atoms with E-state index in [1.165, 1.54) is 29.2 Å². The molecule has 0 atom stereocenters. The molecule has 0 saturated heterocycles. The van der Waals surface area contributed by atoms with Gasteiger partial charge >= 0.3 is 12.4 Å². The third-order valence-electron chi connectivity index (χ3n) is 4.71. The first kappa shape index (κ1) is 21.5. The summed E-state index contributed by atoms with van der Waals surface area (Å²) < 4.78 is 81.9. The molecular formula is C19H15F6N5S. The lowest BCUT2D eigenvalue weighted by Gasteiger charge is -2.08. The lowest BCUT2D eigenvalue weighted by atomic mass is 10.2. The molecule has 0 unspecified atom stereocenters. The Morgan fingerprint density at radius 1 is 1.00 bits per heavy atom. The number of imidazole rings is 2. The Kier molecular flexibility index (Phi) is 4.95. The minimum absolute atomic E-state index is 0.0813. The van der Waals surface area contributed by atoms with Crippen molar-refractivity contribution in [2.45, 2.75) is 31.2 Å². The maximum atomic E-state index is 13.2. The normalized spacial score (nSPS) is 12.9. The first-order valence-electron chi connectivity index (χ1n) is 9.05. The molecule has 4 aromatic rings. The number of nitrogens with zero attached hydrogens (tertiary/aromatic N) is 5. The molecule has 0 spiro atoms. The van der Waals surface area contributed by atoms with Crippen LogP contribution in [0.1, 0.15) is 23.9 Å². The number of halogens is 6. The highest BCUT2D eigenvalue weighted by Crippen LogP contribution is 2.37. The number of alkyl halides is 6. The van der Waals surface area contributed by atoms with Crippen molar-refractivity contribution in [3.05, 3.63) is 41.3 Å². The number of hydrogen-bond acceptors (Lipinski definition) is 4. The smallest absolute Gasteiger partial charge is 0.324 e. The van der Waals surface area contributed by atoms with Crippen LogP contribution in [-0.4, -0.2) is 29.7 Å². The fourth-order valence-corrected chi connectivity index (χ4v) is 4.24. The van der Waals surface area contributed by atoms with Crippen molar-refractivity contribution in [1.82, 2.24) is 23.9 Å². The summed E-state index contributed by atoms with van der Waals surface area (Å²) >= 11 is 1.27. The van der Waals surface area contributed by atoms with Gasteiger partial charge in [-0.3, -0.25) is 4.40 Å². The number of fused-ring (bicyclic) bond motifs is 2. The minimum atomic E-state index is -4.63. The standard InChI is InChI=1S/C19H15F6N5S/c1-4-31-17-14(28-13-6-5-10(8-30(13)17)18(20,21)22)16-27-11-7-12(19(23,24)25)26-9(2)15(11)29(16)3/h5-8H,4H2,1-3H3. The van der Waals surface area contributed by atoms with E-state index in [0.717, 1.165) is 18.3 Å². The highest BCUT2D eigenvalue weighted by molar-refractivity contribution is 7.99. The zero-order valence-electron chi connectivity index (χ0n) is 16.4. The summed E-state index contributed by atoms with van der Waals surface area (Å²) in [5.74, 6) is 0.784. The molecule has 0 aliphatic heterocycles. The highest BCUT2D eigenvalue weighted by atomic mass is 32.2. The second-order valence-corrected chi connectivity index (χ2v) is 8.05. The Balaban J connectivity index is 1.98. The molecule has 0 aromatic carbocycles. The van der Waals surface area contributed by atoms with Crippen LogP contribution in [-0.2, 0) is 19.4 Å². The monoisotopic (exact) mass is 459 g/mol. The third-order valence-corrected chi connectivity index (χ3v) is 5.66. The molecule has 0 amide bonds. The largest absolute Gasteiger partial charge is 0.433 e. The van der Waals surface area contributed by atoms with Crippen molar-refractivity contribution in [3.63, 3.8) is 0 Å². The fourth-order valence-electron chi connectivity index (χ4n) is 3.41. The number of aromatic nitrogens is 5. The van der Waals surface area contributed by atoms with Gasteiger partial charge in [0.1, 0.15) is 22.1 Å². The Labute approximate surface area is 176 Å². The van der Waals surface area contributed by atoms with Crippen LogP contribution in [0.15, 0.2) is 29.4 Å². The van der Waals surface area contributed by atoms with Crippen molar-refractivity contribution in [1.29, 1.82) is 0 Å². The summed E-state index contributed by atoms with van der Waals surface area (Å²) in [7, 11) is 1.61. The topological polar surface area (TPSA) is 48.0 Å². The Morgan fingerprint density at radius 3 is 2.32 bits per heavy atom. The van der Waals surface area contributed by atoms with Crippen LogP contribution in [0.2, 0.25) is 0 Å². The van der Waals surface area contributed by atoms with Gasteiger partial charge in [0.05, 0.1) is 22.3 Å². The van der Waals surface area contributed by atoms with Gasteiger partial charge in [-0.05, 0) is 30.9 Å². The molecular weight excluding hydrogens is 444 g/mol. The maximum Gasteiger partial charge on any atom is 0.433 e. The van der Waals surface area contributed by atoms with E-state index in [2.05, 4.69) is 15.0 Å². The van der Waals surface area contributed by atoms with Crippen LogP contribution in [0, 0.1) is 6.92 Å². The van der Waals surface area contributed by atoms with E-state index >= 15 is 0 Å². The van der Waals surface area contributed by atoms with E-state index in [1.54, 1.807) is 11.6 Å². The number of hydrogen-bond donors (Lipinski definition) is 0. The SMILES string of the molecule is CCSc1c(-c2nc3cc(C(F)(F)F)nc(C)c3n2C)nc2ccc(C(F)(F)F)cn12. The number of aryl methyl sites for hydroxylation is 2. The van der Waals surface area contributed by atoms with Crippen molar-refractivity contribution in [2.75, 3.05) is 5.75 Å². The molecule has 0 fully saturated rings. The number of thioether (sulfide) groups is 1. The fraction of sp³-hybridized carbons (Fsp3) is 0.316. The predicted octanol–water partition coefficient (Wildman–Crippen LogP) is 5.74. The molecule has 4 heterocycles. The van der Waals surface area contributed by atoms with Crippen LogP contribution < -0.4 is 0 Å². The van der Waals surface area contributed by atoms with Crippen molar-refractivity contribution in [3.8, 4) is 11.5 Å². The van der Waals surface area contributed by atoms with Gasteiger partial charge in [-0.15, -0.1) is 11.8 Å². The van der Waals surface area contributed by atoms with Gasteiger partial charge in [0.15, 0.2) is 5.82 Å². The van der Waals surface area contributed by atoms with Crippen LogP contribution in [0.5, 0.6) is 0 Å². The third kappa shape index (κ3) is 3.62. The predicted molar refractivity (Wildman–Crippen MR) is 104 cm³/mol. The summed E-state index contributed by atoms with van der Waals surface area (Å²) in [6.45, 7) is 3.28. The van der Waals surface area contributed by atoms with E-state index in [-0.39, 0.29) is 28.4 Å². The van der Waals surface area contributed by atoms with Gasteiger partial charge in [-0.1, -0.05) is 6.92 Å². The van der Waals surface area contributed by atoms with Crippen LogP contribution >= 0.6 is 11.8 Å². The molecule has 0 bridgehead atoms. The highest BCUT2D eigenvalue weighted by Gasteiger charge is 2.34. The van der Waals surface area contributed by atoms with E-state index in [1.807, 2.05) is 6.92 Å². The van der Waals surface area contributed by atoms with Gasteiger partial charge in [-0.25, -0.2) is 15.0 Å². The molecule has 164 valence electrons.